The van der Waals surface area contributed by atoms with Crippen molar-refractivity contribution in [2.24, 2.45) is 0 Å². The van der Waals surface area contributed by atoms with Crippen LogP contribution in [0, 0.1) is 6.92 Å². The van der Waals surface area contributed by atoms with Gasteiger partial charge in [-0.2, -0.15) is 4.40 Å². The van der Waals surface area contributed by atoms with Crippen molar-refractivity contribution in [3.8, 4) is 0 Å². The summed E-state index contributed by atoms with van der Waals surface area (Å²) in [6, 6.07) is 17.1. The SMILES string of the molecule is Cc1c2cc(Br)c3ccccc3c2c[n+]2ccccc12. The number of hydrogen-bond donors (Lipinski definition) is 0. The predicted molar refractivity (Wildman–Crippen MR) is 87.1 cm³/mol. The van der Waals surface area contributed by atoms with Gasteiger partial charge in [0.1, 0.15) is 0 Å². The maximum atomic E-state index is 3.71. The summed E-state index contributed by atoms with van der Waals surface area (Å²) in [5, 5.41) is 5.15. The monoisotopic (exact) mass is 322 g/mol. The fourth-order valence-corrected chi connectivity index (χ4v) is 3.54. The van der Waals surface area contributed by atoms with Gasteiger partial charge >= 0.3 is 0 Å². The van der Waals surface area contributed by atoms with Crippen LogP contribution in [0.4, 0.5) is 0 Å². The quantitative estimate of drug-likeness (QED) is 0.249. The highest BCUT2D eigenvalue weighted by molar-refractivity contribution is 9.10. The summed E-state index contributed by atoms with van der Waals surface area (Å²) in [6.07, 6.45) is 4.34. The molecule has 0 amide bonds. The van der Waals surface area contributed by atoms with Crippen LogP contribution in [-0.2, 0) is 0 Å². The van der Waals surface area contributed by atoms with E-state index in [1.165, 1.54) is 32.6 Å². The van der Waals surface area contributed by atoms with Crippen LogP contribution in [-0.4, -0.2) is 0 Å². The summed E-state index contributed by atoms with van der Waals surface area (Å²) in [5.41, 5.74) is 2.57. The van der Waals surface area contributed by atoms with Crippen LogP contribution in [0.3, 0.4) is 0 Å². The van der Waals surface area contributed by atoms with E-state index in [-0.39, 0.29) is 0 Å². The highest BCUT2D eigenvalue weighted by Gasteiger charge is 2.13. The highest BCUT2D eigenvalue weighted by Crippen LogP contribution is 2.33. The average molecular weight is 323 g/mol. The Morgan fingerprint density at radius 2 is 1.60 bits per heavy atom. The summed E-state index contributed by atoms with van der Waals surface area (Å²) in [5.74, 6) is 0. The van der Waals surface area contributed by atoms with Crippen LogP contribution >= 0.6 is 15.9 Å². The maximum absolute atomic E-state index is 3.71. The zero-order valence-corrected chi connectivity index (χ0v) is 12.7. The molecule has 1 nitrogen and oxygen atoms in total. The molecule has 96 valence electrons. The molecule has 0 aliphatic carbocycles. The molecule has 0 saturated heterocycles. The topological polar surface area (TPSA) is 4.10 Å². The molecular formula is C18H13BrN+. The molecule has 0 aliphatic rings. The molecular weight excluding hydrogens is 310 g/mol. The average Bonchev–Trinajstić information content (AvgIpc) is 2.49. The lowest BCUT2D eigenvalue weighted by Gasteiger charge is -2.07. The number of aryl methyl sites for hydroxylation is 1. The molecule has 0 bridgehead atoms. The molecule has 2 heterocycles. The van der Waals surface area contributed by atoms with E-state index in [1.807, 2.05) is 0 Å². The summed E-state index contributed by atoms with van der Waals surface area (Å²) in [6.45, 7) is 2.19. The standard InChI is InChI=1S/C18H13BrN/c1-12-15-10-17(19)14-7-3-2-6-13(14)16(15)11-20-9-5-4-8-18(12)20/h2-11H,1H3/q+1. The second-order valence-corrected chi connectivity index (χ2v) is 5.97. The first-order chi connectivity index (χ1) is 9.75. The smallest absolute Gasteiger partial charge is 0.166 e. The number of nitrogens with zero attached hydrogens (tertiary/aromatic N) is 1. The summed E-state index contributed by atoms with van der Waals surface area (Å²) >= 11 is 3.71. The van der Waals surface area contributed by atoms with Gasteiger partial charge < -0.3 is 0 Å². The number of fused-ring (bicyclic) bond motifs is 4. The first-order valence-corrected chi connectivity index (χ1v) is 7.45. The van der Waals surface area contributed by atoms with Gasteiger partial charge in [-0.1, -0.05) is 40.2 Å². The molecule has 2 aromatic carbocycles. The second-order valence-electron chi connectivity index (χ2n) is 5.11. The van der Waals surface area contributed by atoms with Gasteiger partial charge in [-0.3, -0.25) is 0 Å². The van der Waals surface area contributed by atoms with Gasteiger partial charge in [0, 0.05) is 22.2 Å². The van der Waals surface area contributed by atoms with Crippen LogP contribution < -0.4 is 4.40 Å². The molecule has 0 spiro atoms. The van der Waals surface area contributed by atoms with Crippen molar-refractivity contribution in [3.05, 3.63) is 71.0 Å². The molecule has 0 aliphatic heterocycles. The molecule has 0 N–H and O–H groups in total. The Hall–Kier alpha value is -1.93. The number of pyridine rings is 2. The van der Waals surface area contributed by atoms with Crippen molar-refractivity contribution in [2.45, 2.75) is 6.92 Å². The summed E-state index contributed by atoms with van der Waals surface area (Å²) in [4.78, 5) is 0. The van der Waals surface area contributed by atoms with E-state index >= 15 is 0 Å². The molecule has 0 radical (unpaired) electrons. The third-order valence-electron chi connectivity index (χ3n) is 3.98. The van der Waals surface area contributed by atoms with Gasteiger partial charge in [-0.05, 0) is 35.2 Å². The fraction of sp³-hybridized carbons (Fsp3) is 0.0556. The number of halogens is 1. The van der Waals surface area contributed by atoms with E-state index in [9.17, 15) is 0 Å². The molecule has 0 unspecified atom stereocenters. The van der Waals surface area contributed by atoms with Gasteiger partial charge in [-0.25, -0.2) is 0 Å². The van der Waals surface area contributed by atoms with Crippen molar-refractivity contribution >= 4 is 43.0 Å². The molecule has 4 rings (SSSR count). The minimum absolute atomic E-state index is 1.16. The predicted octanol–water partition coefficient (Wildman–Crippen LogP) is 4.80. The Balaban J connectivity index is 2.34. The van der Waals surface area contributed by atoms with Gasteiger partial charge in [0.2, 0.25) is 5.52 Å². The fourth-order valence-electron chi connectivity index (χ4n) is 2.97. The van der Waals surface area contributed by atoms with Gasteiger partial charge in [0.15, 0.2) is 12.4 Å². The number of aromatic nitrogens is 1. The lowest BCUT2D eigenvalue weighted by Crippen LogP contribution is -2.21. The lowest BCUT2D eigenvalue weighted by atomic mass is 10.00. The van der Waals surface area contributed by atoms with Gasteiger partial charge in [0.25, 0.3) is 0 Å². The van der Waals surface area contributed by atoms with Crippen molar-refractivity contribution in [3.63, 3.8) is 0 Å². The molecule has 4 aromatic rings. The van der Waals surface area contributed by atoms with Gasteiger partial charge in [0.05, 0.1) is 5.39 Å². The van der Waals surface area contributed by atoms with Crippen LogP contribution in [0.5, 0.6) is 0 Å². The zero-order valence-electron chi connectivity index (χ0n) is 11.1. The maximum Gasteiger partial charge on any atom is 0.214 e. The Labute approximate surface area is 125 Å². The Morgan fingerprint density at radius 1 is 0.850 bits per heavy atom. The number of rotatable bonds is 0. The van der Waals surface area contributed by atoms with Crippen LogP contribution in [0.2, 0.25) is 0 Å². The van der Waals surface area contributed by atoms with Gasteiger partial charge in [-0.15, -0.1) is 0 Å². The largest absolute Gasteiger partial charge is 0.214 e. The minimum Gasteiger partial charge on any atom is -0.166 e. The van der Waals surface area contributed by atoms with Crippen LogP contribution in [0.1, 0.15) is 5.56 Å². The first kappa shape index (κ1) is 11.9. The zero-order chi connectivity index (χ0) is 13.7. The van der Waals surface area contributed by atoms with Crippen molar-refractivity contribution < 1.29 is 4.40 Å². The number of hydrogen-bond acceptors (Lipinski definition) is 0. The Bertz CT molecular complexity index is 967. The van der Waals surface area contributed by atoms with Crippen molar-refractivity contribution in [1.29, 1.82) is 0 Å². The molecule has 2 heteroatoms. The Morgan fingerprint density at radius 3 is 2.45 bits per heavy atom. The van der Waals surface area contributed by atoms with E-state index in [0.717, 1.165) is 4.47 Å². The summed E-state index contributed by atoms with van der Waals surface area (Å²) < 4.78 is 3.36. The lowest BCUT2D eigenvalue weighted by molar-refractivity contribution is -0.510. The molecule has 0 fully saturated rings. The minimum atomic E-state index is 1.16. The van der Waals surface area contributed by atoms with E-state index in [2.05, 4.69) is 88.2 Å². The highest BCUT2D eigenvalue weighted by atomic mass is 79.9. The van der Waals surface area contributed by atoms with Crippen LogP contribution in [0.15, 0.2) is 65.4 Å². The first-order valence-electron chi connectivity index (χ1n) is 6.66. The molecule has 0 saturated carbocycles. The van der Waals surface area contributed by atoms with E-state index in [1.54, 1.807) is 0 Å². The summed E-state index contributed by atoms with van der Waals surface area (Å²) in [7, 11) is 0. The second kappa shape index (κ2) is 4.29. The van der Waals surface area contributed by atoms with Crippen LogP contribution in [0.25, 0.3) is 27.1 Å². The Kier molecular flexibility index (Phi) is 2.54. The third kappa shape index (κ3) is 1.58. The van der Waals surface area contributed by atoms with E-state index in [0.29, 0.717) is 0 Å². The third-order valence-corrected chi connectivity index (χ3v) is 4.64. The molecule has 2 aromatic heterocycles. The normalized spacial score (nSPS) is 11.5. The van der Waals surface area contributed by atoms with E-state index in [4.69, 9.17) is 0 Å². The van der Waals surface area contributed by atoms with Crippen molar-refractivity contribution in [1.82, 2.24) is 0 Å². The van der Waals surface area contributed by atoms with Crippen molar-refractivity contribution in [2.75, 3.05) is 0 Å². The number of benzene rings is 2. The molecule has 0 atom stereocenters. The van der Waals surface area contributed by atoms with E-state index < -0.39 is 0 Å². The molecule has 20 heavy (non-hydrogen) atoms.